The molecule has 2 aromatic heterocycles. The van der Waals surface area contributed by atoms with Crippen LogP contribution in [0, 0.1) is 6.92 Å². The molecule has 9 heteroatoms. The van der Waals surface area contributed by atoms with E-state index in [0.29, 0.717) is 25.1 Å². The Hall–Kier alpha value is -3.10. The number of carbonyl (C=O) groups excluding carboxylic acids is 1. The number of aryl methyl sites for hydroxylation is 1. The summed E-state index contributed by atoms with van der Waals surface area (Å²) in [5.41, 5.74) is 0.167. The Kier molecular flexibility index (Phi) is 4.55. The lowest BCUT2D eigenvalue weighted by Gasteiger charge is -2.21. The van der Waals surface area contributed by atoms with E-state index < -0.39 is 17.6 Å². The molecule has 2 N–H and O–H groups in total. The zero-order valence-electron chi connectivity index (χ0n) is 13.6. The van der Waals surface area contributed by atoms with Crippen molar-refractivity contribution in [3.63, 3.8) is 0 Å². The summed E-state index contributed by atoms with van der Waals surface area (Å²) in [6.07, 6.45) is 3.95. The standard InChI is InChI=1S/C16H17N5O4/c1-9-10(8-12(22)21-7-2-4-11(21)16(24)25)15(23)20-14(19-9)13-17-5-3-6-18-13/h3,5-6,11H,2,4,7-8H2,1H3,(H,24,25)(H,19,20,23). The lowest BCUT2D eigenvalue weighted by molar-refractivity contribution is -0.148. The lowest BCUT2D eigenvalue weighted by Crippen LogP contribution is -2.42. The van der Waals surface area contributed by atoms with Crippen LogP contribution in [-0.4, -0.2) is 54.4 Å². The Balaban J connectivity index is 1.85. The molecular weight excluding hydrogens is 326 g/mol. The molecule has 3 rings (SSSR count). The normalized spacial score (nSPS) is 16.8. The van der Waals surface area contributed by atoms with Gasteiger partial charge in [-0.05, 0) is 25.8 Å². The van der Waals surface area contributed by atoms with Gasteiger partial charge in [0.1, 0.15) is 6.04 Å². The highest BCUT2D eigenvalue weighted by Gasteiger charge is 2.34. The van der Waals surface area contributed by atoms with E-state index in [0.717, 1.165) is 0 Å². The van der Waals surface area contributed by atoms with Gasteiger partial charge in [-0.2, -0.15) is 0 Å². The van der Waals surface area contributed by atoms with Gasteiger partial charge < -0.3 is 15.0 Å². The van der Waals surface area contributed by atoms with E-state index in [2.05, 4.69) is 19.9 Å². The van der Waals surface area contributed by atoms with Crippen molar-refractivity contribution < 1.29 is 14.7 Å². The molecule has 0 spiro atoms. The van der Waals surface area contributed by atoms with Crippen molar-refractivity contribution in [3.8, 4) is 11.6 Å². The second kappa shape index (κ2) is 6.80. The summed E-state index contributed by atoms with van der Waals surface area (Å²) in [6.45, 7) is 2.01. The van der Waals surface area contributed by atoms with E-state index in [4.69, 9.17) is 0 Å². The molecule has 25 heavy (non-hydrogen) atoms. The maximum absolute atomic E-state index is 12.4. The smallest absolute Gasteiger partial charge is 0.326 e. The summed E-state index contributed by atoms with van der Waals surface area (Å²) in [5.74, 6) is -0.898. The number of rotatable bonds is 4. The van der Waals surface area contributed by atoms with Gasteiger partial charge >= 0.3 is 5.97 Å². The van der Waals surface area contributed by atoms with Crippen molar-refractivity contribution in [2.24, 2.45) is 0 Å². The van der Waals surface area contributed by atoms with Crippen LogP contribution in [0.5, 0.6) is 0 Å². The van der Waals surface area contributed by atoms with Crippen molar-refractivity contribution in [2.75, 3.05) is 6.54 Å². The first-order valence-corrected chi connectivity index (χ1v) is 7.87. The van der Waals surface area contributed by atoms with Gasteiger partial charge in [0.2, 0.25) is 5.91 Å². The molecule has 0 saturated carbocycles. The van der Waals surface area contributed by atoms with Crippen LogP contribution in [-0.2, 0) is 16.0 Å². The van der Waals surface area contributed by atoms with Gasteiger partial charge in [0, 0.05) is 30.2 Å². The minimum Gasteiger partial charge on any atom is -0.480 e. The molecule has 1 aliphatic rings. The highest BCUT2D eigenvalue weighted by Crippen LogP contribution is 2.19. The molecule has 0 radical (unpaired) electrons. The summed E-state index contributed by atoms with van der Waals surface area (Å²) in [6, 6.07) is 0.827. The first-order valence-electron chi connectivity index (χ1n) is 7.87. The van der Waals surface area contributed by atoms with Gasteiger partial charge in [0.25, 0.3) is 5.56 Å². The topological polar surface area (TPSA) is 129 Å². The molecule has 1 atom stereocenters. The zero-order valence-corrected chi connectivity index (χ0v) is 13.6. The summed E-state index contributed by atoms with van der Waals surface area (Å²) >= 11 is 0. The highest BCUT2D eigenvalue weighted by molar-refractivity contribution is 5.85. The Bertz CT molecular complexity index is 865. The predicted molar refractivity (Wildman–Crippen MR) is 86.7 cm³/mol. The van der Waals surface area contributed by atoms with Crippen LogP contribution in [0.3, 0.4) is 0 Å². The minimum atomic E-state index is -1.02. The van der Waals surface area contributed by atoms with Gasteiger partial charge in [0.05, 0.1) is 6.42 Å². The minimum absolute atomic E-state index is 0.187. The molecule has 3 heterocycles. The maximum Gasteiger partial charge on any atom is 0.326 e. The molecule has 1 unspecified atom stereocenters. The fourth-order valence-corrected chi connectivity index (χ4v) is 2.92. The molecule has 0 aromatic carbocycles. The third kappa shape index (κ3) is 3.39. The number of likely N-dealkylation sites (tertiary alicyclic amines) is 1. The summed E-state index contributed by atoms with van der Waals surface area (Å²) < 4.78 is 0. The molecule has 1 aliphatic heterocycles. The first kappa shape index (κ1) is 16.7. The van der Waals surface area contributed by atoms with Crippen LogP contribution in [0.15, 0.2) is 23.3 Å². The number of amides is 1. The predicted octanol–water partition coefficient (Wildman–Crippen LogP) is 0.153. The number of hydrogen-bond acceptors (Lipinski definition) is 6. The fraction of sp³-hybridized carbons (Fsp3) is 0.375. The van der Waals surface area contributed by atoms with Gasteiger partial charge in [-0.1, -0.05) is 0 Å². The van der Waals surface area contributed by atoms with Crippen LogP contribution < -0.4 is 5.56 Å². The number of carboxylic acids is 1. The second-order valence-electron chi connectivity index (χ2n) is 5.81. The van der Waals surface area contributed by atoms with Crippen molar-refractivity contribution >= 4 is 11.9 Å². The van der Waals surface area contributed by atoms with Gasteiger partial charge in [-0.15, -0.1) is 0 Å². The molecule has 130 valence electrons. The van der Waals surface area contributed by atoms with E-state index in [1.54, 1.807) is 13.0 Å². The third-order valence-electron chi connectivity index (χ3n) is 4.19. The fourth-order valence-electron chi connectivity index (χ4n) is 2.92. The van der Waals surface area contributed by atoms with E-state index in [-0.39, 0.29) is 29.5 Å². The molecular formula is C16H17N5O4. The Morgan fingerprint density at radius 1 is 1.36 bits per heavy atom. The van der Waals surface area contributed by atoms with E-state index in [9.17, 15) is 19.5 Å². The van der Waals surface area contributed by atoms with Crippen molar-refractivity contribution in [2.45, 2.75) is 32.2 Å². The van der Waals surface area contributed by atoms with Crippen LogP contribution >= 0.6 is 0 Å². The van der Waals surface area contributed by atoms with E-state index in [1.165, 1.54) is 17.3 Å². The monoisotopic (exact) mass is 343 g/mol. The average Bonchev–Trinajstić information content (AvgIpc) is 3.08. The Morgan fingerprint density at radius 3 is 2.72 bits per heavy atom. The zero-order chi connectivity index (χ0) is 18.0. The van der Waals surface area contributed by atoms with Crippen LogP contribution in [0.4, 0.5) is 0 Å². The van der Waals surface area contributed by atoms with E-state index >= 15 is 0 Å². The van der Waals surface area contributed by atoms with Crippen LogP contribution in [0.25, 0.3) is 11.6 Å². The van der Waals surface area contributed by atoms with Gasteiger partial charge in [-0.25, -0.2) is 19.7 Å². The molecule has 0 aliphatic carbocycles. The number of nitrogens with one attached hydrogen (secondary N) is 1. The van der Waals surface area contributed by atoms with E-state index in [1.807, 2.05) is 0 Å². The number of hydrogen-bond donors (Lipinski definition) is 2. The van der Waals surface area contributed by atoms with Crippen molar-refractivity contribution in [1.82, 2.24) is 24.8 Å². The Labute approximate surface area is 142 Å². The lowest BCUT2D eigenvalue weighted by atomic mass is 10.1. The second-order valence-corrected chi connectivity index (χ2v) is 5.81. The van der Waals surface area contributed by atoms with Crippen molar-refractivity contribution in [3.05, 3.63) is 40.1 Å². The number of carboxylic acid groups (broad SMARTS) is 1. The summed E-state index contributed by atoms with van der Waals surface area (Å²) in [7, 11) is 0. The number of aromatic amines is 1. The van der Waals surface area contributed by atoms with Crippen LogP contribution in [0.2, 0.25) is 0 Å². The molecule has 9 nitrogen and oxygen atoms in total. The van der Waals surface area contributed by atoms with Crippen LogP contribution in [0.1, 0.15) is 24.1 Å². The SMILES string of the molecule is Cc1nc(-c2ncccn2)[nH]c(=O)c1CC(=O)N1CCCC1C(=O)O. The largest absolute Gasteiger partial charge is 0.480 e. The number of aromatic nitrogens is 4. The maximum atomic E-state index is 12.4. The Morgan fingerprint density at radius 2 is 2.08 bits per heavy atom. The number of nitrogens with zero attached hydrogens (tertiary/aromatic N) is 4. The molecule has 1 fully saturated rings. The molecule has 1 amide bonds. The molecule has 2 aromatic rings. The highest BCUT2D eigenvalue weighted by atomic mass is 16.4. The van der Waals surface area contributed by atoms with Crippen molar-refractivity contribution in [1.29, 1.82) is 0 Å². The van der Waals surface area contributed by atoms with Gasteiger partial charge in [-0.3, -0.25) is 9.59 Å². The number of H-pyrrole nitrogens is 1. The summed E-state index contributed by atoms with van der Waals surface area (Å²) in [4.78, 5) is 52.3. The number of aliphatic carboxylic acids is 1. The molecule has 0 bridgehead atoms. The first-order chi connectivity index (χ1) is 12.0. The summed E-state index contributed by atoms with van der Waals surface area (Å²) in [5, 5.41) is 9.18. The average molecular weight is 343 g/mol. The molecule has 1 saturated heterocycles. The number of carbonyl (C=O) groups is 2. The van der Waals surface area contributed by atoms with Gasteiger partial charge in [0.15, 0.2) is 11.6 Å². The third-order valence-corrected chi connectivity index (χ3v) is 4.19. The quantitative estimate of drug-likeness (QED) is 0.808.